The molecule has 2 heterocycles. The molecule has 3 aromatic rings. The summed E-state index contributed by atoms with van der Waals surface area (Å²) < 4.78 is 8.01. The molecule has 0 saturated heterocycles. The van der Waals surface area contributed by atoms with Crippen LogP contribution in [0.4, 0.5) is 11.6 Å². The number of hydrogen-bond acceptors (Lipinski definition) is 6. The zero-order chi connectivity index (χ0) is 20.5. The largest absolute Gasteiger partial charge is 0.496 e. The summed E-state index contributed by atoms with van der Waals surface area (Å²) in [6.45, 7) is 3.83. The number of ether oxygens (including phenoxy) is 1. The maximum absolute atomic E-state index is 13.3. The molecular formula is C20H19BrN6O2. The summed E-state index contributed by atoms with van der Waals surface area (Å²) in [5.74, 6) is 0.850. The number of tetrazole rings is 1. The van der Waals surface area contributed by atoms with Crippen LogP contribution in [0.2, 0.25) is 0 Å². The van der Waals surface area contributed by atoms with Crippen molar-refractivity contribution in [3.8, 4) is 5.75 Å². The minimum atomic E-state index is -0.556. The molecule has 1 aliphatic heterocycles. The summed E-state index contributed by atoms with van der Waals surface area (Å²) in [4.78, 5) is 13.3. The van der Waals surface area contributed by atoms with E-state index in [0.717, 1.165) is 15.6 Å². The van der Waals surface area contributed by atoms with Crippen LogP contribution in [0.15, 0.2) is 58.2 Å². The molecule has 9 heteroatoms. The quantitative estimate of drug-likeness (QED) is 0.624. The molecule has 0 aliphatic carbocycles. The summed E-state index contributed by atoms with van der Waals surface area (Å²) in [6, 6.07) is 12.7. The fraction of sp³-hybridized carbons (Fsp3) is 0.200. The molecule has 29 heavy (non-hydrogen) atoms. The number of nitrogens with zero attached hydrogens (tertiary/aromatic N) is 4. The van der Waals surface area contributed by atoms with E-state index in [1.165, 1.54) is 0 Å². The molecular weight excluding hydrogens is 436 g/mol. The second-order valence-electron chi connectivity index (χ2n) is 6.72. The molecule has 1 aromatic heterocycles. The van der Waals surface area contributed by atoms with Crippen molar-refractivity contribution in [2.75, 3.05) is 17.7 Å². The lowest BCUT2D eigenvalue weighted by Crippen LogP contribution is -2.31. The Balaban J connectivity index is 1.81. The summed E-state index contributed by atoms with van der Waals surface area (Å²) in [5.41, 5.74) is 3.77. The lowest BCUT2D eigenvalue weighted by Gasteiger charge is -2.29. The monoisotopic (exact) mass is 454 g/mol. The topological polar surface area (TPSA) is 94.0 Å². The number of hydrogen-bond donors (Lipinski definition) is 2. The molecule has 2 aromatic carbocycles. The number of rotatable bonds is 4. The average molecular weight is 455 g/mol. The zero-order valence-corrected chi connectivity index (χ0v) is 17.7. The Hall–Kier alpha value is -3.20. The summed E-state index contributed by atoms with van der Waals surface area (Å²) in [6.07, 6.45) is 0. The van der Waals surface area contributed by atoms with Gasteiger partial charge in [0, 0.05) is 21.4 Å². The van der Waals surface area contributed by atoms with Gasteiger partial charge in [-0.05, 0) is 54.6 Å². The van der Waals surface area contributed by atoms with E-state index in [1.54, 1.807) is 11.8 Å². The molecule has 1 amide bonds. The molecule has 0 spiro atoms. The van der Waals surface area contributed by atoms with Gasteiger partial charge < -0.3 is 15.4 Å². The van der Waals surface area contributed by atoms with Gasteiger partial charge in [-0.15, -0.1) is 0 Å². The highest BCUT2D eigenvalue weighted by Gasteiger charge is 2.35. The lowest BCUT2D eigenvalue weighted by atomic mass is 9.94. The van der Waals surface area contributed by atoms with Gasteiger partial charge in [-0.1, -0.05) is 38.7 Å². The lowest BCUT2D eigenvalue weighted by molar-refractivity contribution is -0.113. The number of benzene rings is 2. The van der Waals surface area contributed by atoms with E-state index in [4.69, 9.17) is 4.74 Å². The first kappa shape index (κ1) is 19.1. The molecule has 4 rings (SSSR count). The highest BCUT2D eigenvalue weighted by atomic mass is 79.9. The number of carbonyl (C=O) groups excluding carboxylic acids is 1. The number of halogens is 1. The number of aryl methyl sites for hydroxylation is 1. The van der Waals surface area contributed by atoms with Crippen LogP contribution < -0.4 is 15.4 Å². The normalized spacial score (nSPS) is 15.5. The van der Waals surface area contributed by atoms with Crippen molar-refractivity contribution >= 4 is 33.5 Å². The second kappa shape index (κ2) is 7.67. The van der Waals surface area contributed by atoms with E-state index in [-0.39, 0.29) is 5.91 Å². The maximum atomic E-state index is 13.3. The van der Waals surface area contributed by atoms with Crippen molar-refractivity contribution in [1.29, 1.82) is 0 Å². The molecule has 0 bridgehead atoms. The van der Waals surface area contributed by atoms with Crippen LogP contribution >= 0.6 is 15.9 Å². The Morgan fingerprint density at radius 2 is 1.97 bits per heavy atom. The summed E-state index contributed by atoms with van der Waals surface area (Å²) in [7, 11) is 1.59. The van der Waals surface area contributed by atoms with Crippen molar-refractivity contribution in [3.63, 3.8) is 0 Å². The third-order valence-electron chi connectivity index (χ3n) is 4.75. The molecule has 1 aliphatic rings. The number of fused-ring (bicyclic) bond motifs is 1. The molecule has 148 valence electrons. The summed E-state index contributed by atoms with van der Waals surface area (Å²) in [5, 5.41) is 18.0. The van der Waals surface area contributed by atoms with E-state index < -0.39 is 6.04 Å². The summed E-state index contributed by atoms with van der Waals surface area (Å²) >= 11 is 3.51. The van der Waals surface area contributed by atoms with Crippen LogP contribution in [0.5, 0.6) is 5.75 Å². The molecule has 0 radical (unpaired) electrons. The van der Waals surface area contributed by atoms with Gasteiger partial charge in [-0.25, -0.2) is 0 Å². The van der Waals surface area contributed by atoms with Gasteiger partial charge in [0.05, 0.1) is 12.7 Å². The number of amides is 1. The second-order valence-corrected chi connectivity index (χ2v) is 7.64. The first-order chi connectivity index (χ1) is 14.0. The van der Waals surface area contributed by atoms with Gasteiger partial charge in [0.25, 0.3) is 5.91 Å². The first-order valence-electron chi connectivity index (χ1n) is 8.95. The van der Waals surface area contributed by atoms with E-state index >= 15 is 0 Å². The average Bonchev–Trinajstić information content (AvgIpc) is 3.16. The molecule has 0 saturated carbocycles. The molecule has 0 fully saturated rings. The number of allylic oxidation sites excluding steroid dienone is 1. The fourth-order valence-electron chi connectivity index (χ4n) is 3.35. The Labute approximate surface area is 176 Å². The molecule has 2 N–H and O–H groups in total. The van der Waals surface area contributed by atoms with Crippen LogP contribution in [0.25, 0.3) is 0 Å². The Bertz CT molecular complexity index is 1110. The minimum Gasteiger partial charge on any atom is -0.496 e. The minimum absolute atomic E-state index is 0.243. The Kier molecular flexibility index (Phi) is 5.06. The predicted molar refractivity (Wildman–Crippen MR) is 113 cm³/mol. The number of aromatic nitrogens is 4. The Morgan fingerprint density at radius 1 is 1.21 bits per heavy atom. The van der Waals surface area contributed by atoms with E-state index in [0.29, 0.717) is 28.7 Å². The predicted octanol–water partition coefficient (Wildman–Crippen LogP) is 3.68. The van der Waals surface area contributed by atoms with Gasteiger partial charge in [0.15, 0.2) is 0 Å². The number of anilines is 2. The standard InChI is InChI=1S/C20H19BrN6O2/c1-11-4-7-14(8-5-11)23-19(28)17-12(2)22-20-24-25-26-27(20)18(17)15-10-13(21)6-9-16(15)29-3/h4-10,18H,1-3H3,(H,23,28)(H,22,24,26). The molecule has 1 atom stereocenters. The van der Waals surface area contributed by atoms with Gasteiger partial charge in [-0.2, -0.15) is 4.68 Å². The van der Waals surface area contributed by atoms with Crippen molar-refractivity contribution in [2.24, 2.45) is 0 Å². The van der Waals surface area contributed by atoms with Gasteiger partial charge in [-0.3, -0.25) is 4.79 Å². The fourth-order valence-corrected chi connectivity index (χ4v) is 3.73. The number of nitrogens with one attached hydrogen (secondary N) is 2. The Morgan fingerprint density at radius 3 is 2.69 bits per heavy atom. The highest BCUT2D eigenvalue weighted by Crippen LogP contribution is 2.40. The van der Waals surface area contributed by atoms with Crippen LogP contribution in [-0.2, 0) is 4.79 Å². The molecule has 1 unspecified atom stereocenters. The SMILES string of the molecule is COc1ccc(Br)cc1C1C(C(=O)Nc2ccc(C)cc2)=C(C)Nc2nnnn21. The number of carbonyl (C=O) groups is 1. The van der Waals surface area contributed by atoms with Gasteiger partial charge in [0.2, 0.25) is 5.95 Å². The van der Waals surface area contributed by atoms with Crippen LogP contribution in [0.1, 0.15) is 24.1 Å². The van der Waals surface area contributed by atoms with Gasteiger partial charge in [0.1, 0.15) is 11.8 Å². The maximum Gasteiger partial charge on any atom is 0.255 e. The van der Waals surface area contributed by atoms with E-state index in [2.05, 4.69) is 42.1 Å². The smallest absolute Gasteiger partial charge is 0.255 e. The molecule has 8 nitrogen and oxygen atoms in total. The highest BCUT2D eigenvalue weighted by molar-refractivity contribution is 9.10. The van der Waals surface area contributed by atoms with Gasteiger partial charge >= 0.3 is 0 Å². The van der Waals surface area contributed by atoms with Crippen molar-refractivity contribution in [3.05, 3.63) is 69.3 Å². The van der Waals surface area contributed by atoms with Crippen molar-refractivity contribution < 1.29 is 9.53 Å². The third kappa shape index (κ3) is 3.61. The zero-order valence-electron chi connectivity index (χ0n) is 16.1. The van der Waals surface area contributed by atoms with Crippen molar-refractivity contribution in [1.82, 2.24) is 20.2 Å². The first-order valence-corrected chi connectivity index (χ1v) is 9.74. The third-order valence-corrected chi connectivity index (χ3v) is 5.25. The van der Waals surface area contributed by atoms with Crippen molar-refractivity contribution in [2.45, 2.75) is 19.9 Å². The number of methoxy groups -OCH3 is 1. The van der Waals surface area contributed by atoms with E-state index in [1.807, 2.05) is 56.3 Å². The van der Waals surface area contributed by atoms with Crippen LogP contribution in [0.3, 0.4) is 0 Å². The van der Waals surface area contributed by atoms with Crippen LogP contribution in [-0.4, -0.2) is 33.2 Å². The van der Waals surface area contributed by atoms with E-state index in [9.17, 15) is 4.79 Å². The van der Waals surface area contributed by atoms with Crippen LogP contribution in [0, 0.1) is 6.92 Å².